The van der Waals surface area contributed by atoms with Crippen molar-refractivity contribution in [1.82, 2.24) is 0 Å². The van der Waals surface area contributed by atoms with Gasteiger partial charge in [-0.05, 0) is 37.3 Å². The monoisotopic (exact) mass is 261 g/mol. The minimum absolute atomic E-state index is 0.153. The lowest BCUT2D eigenvalue weighted by atomic mass is 10.1. The van der Waals surface area contributed by atoms with Crippen LogP contribution in [0.25, 0.3) is 0 Å². The molecule has 2 atom stereocenters. The molecular formula is C14H19N3O2. The maximum absolute atomic E-state index is 8.93. The van der Waals surface area contributed by atoms with Crippen LogP contribution >= 0.6 is 0 Å². The highest BCUT2D eigenvalue weighted by Gasteiger charge is 2.38. The van der Waals surface area contributed by atoms with Gasteiger partial charge in [-0.15, -0.1) is 0 Å². The number of hydrogen-bond donors (Lipinski definition) is 2. The van der Waals surface area contributed by atoms with Crippen molar-refractivity contribution in [2.45, 2.75) is 25.3 Å². The lowest BCUT2D eigenvalue weighted by Crippen LogP contribution is -2.33. The predicted octanol–water partition coefficient (Wildman–Crippen LogP) is 1.78. The molecule has 1 aromatic carbocycles. The van der Waals surface area contributed by atoms with Crippen molar-refractivity contribution in [2.75, 3.05) is 18.6 Å². The molecule has 0 aromatic heterocycles. The first-order valence-corrected chi connectivity index (χ1v) is 6.65. The maximum atomic E-state index is 8.93. The number of amidine groups is 1. The second-order valence-electron chi connectivity index (χ2n) is 5.35. The second-order valence-corrected chi connectivity index (χ2v) is 5.35. The van der Waals surface area contributed by atoms with Gasteiger partial charge in [-0.25, -0.2) is 0 Å². The Morgan fingerprint density at radius 3 is 2.89 bits per heavy atom. The molecule has 1 heterocycles. The number of nitrogens with two attached hydrogens (primary N) is 1. The number of piperidine rings is 1. The van der Waals surface area contributed by atoms with Crippen molar-refractivity contribution in [2.24, 2.45) is 16.8 Å². The lowest BCUT2D eigenvalue weighted by molar-refractivity contribution is 0.318. The van der Waals surface area contributed by atoms with E-state index in [1.54, 1.807) is 7.11 Å². The van der Waals surface area contributed by atoms with Crippen molar-refractivity contribution in [3.05, 3.63) is 23.8 Å². The highest BCUT2D eigenvalue weighted by Crippen LogP contribution is 2.42. The van der Waals surface area contributed by atoms with Crippen LogP contribution in [0.1, 0.15) is 24.8 Å². The summed E-state index contributed by atoms with van der Waals surface area (Å²) >= 11 is 0. The van der Waals surface area contributed by atoms with Crippen LogP contribution in [0.15, 0.2) is 23.4 Å². The van der Waals surface area contributed by atoms with Gasteiger partial charge in [0.15, 0.2) is 5.84 Å². The van der Waals surface area contributed by atoms with E-state index < -0.39 is 0 Å². The van der Waals surface area contributed by atoms with E-state index in [0.29, 0.717) is 6.04 Å². The summed E-state index contributed by atoms with van der Waals surface area (Å²) in [7, 11) is 1.65. The zero-order chi connectivity index (χ0) is 13.4. The SMILES string of the molecule is COc1ccc(/C(N)=N/O)c(N2CC3CCC2C3)c1. The summed E-state index contributed by atoms with van der Waals surface area (Å²) in [5.41, 5.74) is 7.57. The smallest absolute Gasteiger partial charge is 0.172 e. The van der Waals surface area contributed by atoms with E-state index in [4.69, 9.17) is 15.7 Å². The summed E-state index contributed by atoms with van der Waals surface area (Å²) in [5.74, 6) is 1.74. The van der Waals surface area contributed by atoms with Crippen LogP contribution in [0.2, 0.25) is 0 Å². The summed E-state index contributed by atoms with van der Waals surface area (Å²) in [5, 5.41) is 12.1. The average Bonchev–Trinajstić information content (AvgIpc) is 3.08. The molecule has 0 radical (unpaired) electrons. The highest BCUT2D eigenvalue weighted by atomic mass is 16.5. The summed E-state index contributed by atoms with van der Waals surface area (Å²) in [6.07, 6.45) is 3.81. The molecule has 1 aromatic rings. The first kappa shape index (κ1) is 12.1. The Morgan fingerprint density at radius 2 is 2.32 bits per heavy atom. The van der Waals surface area contributed by atoms with Crippen LogP contribution in [0, 0.1) is 5.92 Å². The van der Waals surface area contributed by atoms with Crippen LogP contribution in [0.3, 0.4) is 0 Å². The van der Waals surface area contributed by atoms with Crippen LogP contribution < -0.4 is 15.4 Å². The van der Waals surface area contributed by atoms with Crippen LogP contribution in [-0.2, 0) is 0 Å². The van der Waals surface area contributed by atoms with Gasteiger partial charge < -0.3 is 20.6 Å². The van der Waals surface area contributed by atoms with Gasteiger partial charge in [0.1, 0.15) is 5.75 Å². The fraction of sp³-hybridized carbons (Fsp3) is 0.500. The Bertz CT molecular complexity index is 515. The molecule has 3 rings (SSSR count). The number of ether oxygens (including phenoxy) is 1. The lowest BCUT2D eigenvalue weighted by Gasteiger charge is -2.31. The van der Waals surface area contributed by atoms with E-state index in [1.165, 1.54) is 19.3 Å². The number of nitrogens with zero attached hydrogens (tertiary/aromatic N) is 2. The second kappa shape index (κ2) is 4.64. The summed E-state index contributed by atoms with van der Waals surface area (Å²) < 4.78 is 5.29. The maximum Gasteiger partial charge on any atom is 0.172 e. The Hall–Kier alpha value is -1.91. The van der Waals surface area contributed by atoms with Crippen LogP contribution in [0.4, 0.5) is 5.69 Å². The van der Waals surface area contributed by atoms with E-state index >= 15 is 0 Å². The van der Waals surface area contributed by atoms with E-state index in [2.05, 4.69) is 10.1 Å². The predicted molar refractivity (Wildman–Crippen MR) is 74.0 cm³/mol. The quantitative estimate of drug-likeness (QED) is 0.376. The zero-order valence-corrected chi connectivity index (χ0v) is 11.0. The Labute approximate surface area is 112 Å². The van der Waals surface area contributed by atoms with Crippen LogP contribution in [-0.4, -0.2) is 30.7 Å². The fourth-order valence-electron chi connectivity index (χ4n) is 3.37. The topological polar surface area (TPSA) is 71.1 Å². The molecular weight excluding hydrogens is 242 g/mol. The molecule has 1 aliphatic carbocycles. The summed E-state index contributed by atoms with van der Waals surface area (Å²) in [6.45, 7) is 1.06. The first-order chi connectivity index (χ1) is 9.22. The van der Waals surface area contributed by atoms with Gasteiger partial charge in [0.25, 0.3) is 0 Å². The van der Waals surface area contributed by atoms with Crippen molar-refractivity contribution >= 4 is 11.5 Å². The molecule has 0 amide bonds. The average molecular weight is 261 g/mol. The Kier molecular flexibility index (Phi) is 2.97. The van der Waals surface area contributed by atoms with Gasteiger partial charge in [-0.1, -0.05) is 5.16 Å². The van der Waals surface area contributed by atoms with Crippen molar-refractivity contribution in [3.8, 4) is 5.75 Å². The number of methoxy groups -OCH3 is 1. The van der Waals surface area contributed by atoms with Crippen molar-refractivity contribution in [3.63, 3.8) is 0 Å². The van der Waals surface area contributed by atoms with Gasteiger partial charge in [0.05, 0.1) is 12.8 Å². The van der Waals surface area contributed by atoms with Crippen LogP contribution in [0.5, 0.6) is 5.75 Å². The Morgan fingerprint density at radius 1 is 1.47 bits per heavy atom. The number of rotatable bonds is 3. The number of anilines is 1. The summed E-state index contributed by atoms with van der Waals surface area (Å²) in [4.78, 5) is 2.38. The molecule has 2 unspecified atom stereocenters. The molecule has 2 aliphatic rings. The molecule has 5 nitrogen and oxygen atoms in total. The molecule has 19 heavy (non-hydrogen) atoms. The third-order valence-electron chi connectivity index (χ3n) is 4.31. The van der Waals surface area contributed by atoms with Gasteiger partial charge in [-0.2, -0.15) is 0 Å². The highest BCUT2D eigenvalue weighted by molar-refractivity contribution is 6.02. The minimum atomic E-state index is 0.153. The van der Waals surface area contributed by atoms with Gasteiger partial charge >= 0.3 is 0 Å². The van der Waals surface area contributed by atoms with Gasteiger partial charge in [-0.3, -0.25) is 0 Å². The molecule has 0 spiro atoms. The molecule has 1 aliphatic heterocycles. The molecule has 1 saturated heterocycles. The standard InChI is InChI=1S/C14H19N3O2/c1-19-11-4-5-12(14(15)16-18)13(7-11)17-8-9-2-3-10(17)6-9/h4-5,7,9-10,18H,2-3,6,8H2,1H3,(H2,15,16). The molecule has 2 bridgehead atoms. The molecule has 102 valence electrons. The number of hydrogen-bond acceptors (Lipinski definition) is 4. The van der Waals surface area contributed by atoms with E-state index in [1.807, 2.05) is 18.2 Å². The van der Waals surface area contributed by atoms with Crippen molar-refractivity contribution < 1.29 is 9.94 Å². The Balaban J connectivity index is 2.02. The van der Waals surface area contributed by atoms with Gasteiger partial charge in [0.2, 0.25) is 0 Å². The molecule has 2 fully saturated rings. The fourth-order valence-corrected chi connectivity index (χ4v) is 3.37. The summed E-state index contributed by atoms with van der Waals surface area (Å²) in [6, 6.07) is 6.26. The number of fused-ring (bicyclic) bond motifs is 2. The van der Waals surface area contributed by atoms with E-state index in [0.717, 1.165) is 29.5 Å². The first-order valence-electron chi connectivity index (χ1n) is 6.65. The normalized spacial score (nSPS) is 25.9. The van der Waals surface area contributed by atoms with Gasteiger partial charge in [0, 0.05) is 24.2 Å². The number of oxime groups is 1. The molecule has 3 N–H and O–H groups in total. The third-order valence-corrected chi connectivity index (χ3v) is 4.31. The third kappa shape index (κ3) is 1.99. The zero-order valence-electron chi connectivity index (χ0n) is 11.0. The molecule has 1 saturated carbocycles. The van der Waals surface area contributed by atoms with Crippen molar-refractivity contribution in [1.29, 1.82) is 0 Å². The van der Waals surface area contributed by atoms with E-state index in [-0.39, 0.29) is 5.84 Å². The molecule has 5 heteroatoms. The minimum Gasteiger partial charge on any atom is -0.497 e. The van der Waals surface area contributed by atoms with E-state index in [9.17, 15) is 0 Å². The number of benzene rings is 1. The largest absolute Gasteiger partial charge is 0.497 e.